The molecule has 2 aromatic heterocycles. The maximum absolute atomic E-state index is 6.28. The Hall–Kier alpha value is -1.82. The van der Waals surface area contributed by atoms with Crippen LogP contribution in [0.3, 0.4) is 0 Å². The number of pyridine rings is 1. The van der Waals surface area contributed by atoms with Gasteiger partial charge in [0.1, 0.15) is 11.9 Å². The van der Waals surface area contributed by atoms with E-state index in [1.807, 2.05) is 43.7 Å². The van der Waals surface area contributed by atoms with Gasteiger partial charge >= 0.3 is 0 Å². The fourth-order valence-corrected chi connectivity index (χ4v) is 3.26. The Kier molecular flexibility index (Phi) is 7.31. The molecule has 0 aliphatic rings. The molecule has 0 fully saturated rings. The molecule has 0 saturated carbocycles. The van der Waals surface area contributed by atoms with Crippen LogP contribution in [-0.4, -0.2) is 18.6 Å². The van der Waals surface area contributed by atoms with Gasteiger partial charge in [-0.2, -0.15) is 13.5 Å². The maximum atomic E-state index is 6.28. The summed E-state index contributed by atoms with van der Waals surface area (Å²) >= 11 is 1.74. The zero-order valence-electron chi connectivity index (χ0n) is 13.6. The summed E-state index contributed by atoms with van der Waals surface area (Å²) in [5.74, 6) is 0.897. The summed E-state index contributed by atoms with van der Waals surface area (Å²) in [6.07, 6.45) is 4.64. The third-order valence-corrected chi connectivity index (χ3v) is 4.61. The first-order valence-corrected chi connectivity index (χ1v) is 8.60. The number of rotatable bonds is 7. The lowest BCUT2D eigenvalue weighted by Gasteiger charge is -2.18. The van der Waals surface area contributed by atoms with Crippen LogP contribution in [-0.2, 0) is 0 Å². The smallest absolute Gasteiger partial charge is 0.134 e. The second kappa shape index (κ2) is 9.47. The van der Waals surface area contributed by atoms with Gasteiger partial charge in [0.15, 0.2) is 0 Å². The minimum absolute atomic E-state index is 0. The minimum atomic E-state index is 0. The monoisotopic (exact) mass is 358 g/mol. The largest absolute Gasteiger partial charge is 0.485 e. The van der Waals surface area contributed by atoms with Gasteiger partial charge in [0.2, 0.25) is 0 Å². The highest BCUT2D eigenvalue weighted by molar-refractivity contribution is 7.59. The Morgan fingerprint density at radius 3 is 2.62 bits per heavy atom. The van der Waals surface area contributed by atoms with Crippen LogP contribution >= 0.6 is 24.8 Å². The molecule has 0 unspecified atom stereocenters. The highest BCUT2D eigenvalue weighted by Crippen LogP contribution is 2.30. The summed E-state index contributed by atoms with van der Waals surface area (Å²) in [6, 6.07) is 16.5. The van der Waals surface area contributed by atoms with Crippen LogP contribution < -0.4 is 10.1 Å². The van der Waals surface area contributed by atoms with Crippen molar-refractivity contribution in [3.05, 3.63) is 71.2 Å². The highest BCUT2D eigenvalue weighted by atomic mass is 32.1. The standard InChI is InChI=1S/C19H20N2OS.H2S/c1-20-10-9-18(19-6-3-13-23-19)22-17-5-2-4-16(14-17)15-7-11-21-12-8-15;/h2-8,11-14,18,20H,9-10H2,1H3;1H2/t18-;/m0./s1. The van der Waals surface area contributed by atoms with E-state index in [1.165, 1.54) is 4.88 Å². The van der Waals surface area contributed by atoms with E-state index in [9.17, 15) is 0 Å². The fraction of sp³-hybridized carbons (Fsp3) is 0.211. The normalized spacial score (nSPS) is 11.5. The van der Waals surface area contributed by atoms with Gasteiger partial charge in [-0.1, -0.05) is 18.2 Å². The molecule has 24 heavy (non-hydrogen) atoms. The molecule has 0 saturated heterocycles. The summed E-state index contributed by atoms with van der Waals surface area (Å²) in [6.45, 7) is 0.923. The molecule has 126 valence electrons. The van der Waals surface area contributed by atoms with Crippen LogP contribution in [0.25, 0.3) is 11.1 Å². The summed E-state index contributed by atoms with van der Waals surface area (Å²) in [4.78, 5) is 5.33. The van der Waals surface area contributed by atoms with E-state index in [0.29, 0.717) is 0 Å². The van der Waals surface area contributed by atoms with Crippen molar-refractivity contribution in [2.75, 3.05) is 13.6 Å². The van der Waals surface area contributed by atoms with Gasteiger partial charge in [-0.05, 0) is 60.4 Å². The van der Waals surface area contributed by atoms with Crippen molar-refractivity contribution in [1.82, 2.24) is 10.3 Å². The number of nitrogens with one attached hydrogen (secondary N) is 1. The van der Waals surface area contributed by atoms with Crippen molar-refractivity contribution in [2.24, 2.45) is 0 Å². The SMILES string of the molecule is CNCC[C@H](Oc1cccc(-c2ccncc2)c1)c1cccs1.S. The fourth-order valence-electron chi connectivity index (χ4n) is 2.47. The minimum Gasteiger partial charge on any atom is -0.485 e. The summed E-state index contributed by atoms with van der Waals surface area (Å²) in [7, 11) is 1.97. The van der Waals surface area contributed by atoms with Crippen molar-refractivity contribution < 1.29 is 4.74 Å². The number of thiophene rings is 1. The zero-order chi connectivity index (χ0) is 15.9. The number of ether oxygens (including phenoxy) is 1. The predicted octanol–water partition coefficient (Wildman–Crippen LogP) is 4.65. The number of hydrogen-bond donors (Lipinski definition) is 1. The number of benzene rings is 1. The molecular weight excluding hydrogens is 336 g/mol. The average molecular weight is 359 g/mol. The van der Waals surface area contributed by atoms with Gasteiger partial charge in [0, 0.05) is 23.7 Å². The maximum Gasteiger partial charge on any atom is 0.134 e. The van der Waals surface area contributed by atoms with E-state index in [2.05, 4.69) is 39.9 Å². The second-order valence-electron chi connectivity index (χ2n) is 5.28. The predicted molar refractivity (Wildman–Crippen MR) is 106 cm³/mol. The summed E-state index contributed by atoms with van der Waals surface area (Å²) in [5.41, 5.74) is 2.29. The van der Waals surface area contributed by atoms with Gasteiger partial charge in [0.05, 0.1) is 0 Å². The van der Waals surface area contributed by atoms with Gasteiger partial charge in [-0.3, -0.25) is 4.98 Å². The molecule has 3 aromatic rings. The van der Waals surface area contributed by atoms with E-state index in [1.54, 1.807) is 11.3 Å². The van der Waals surface area contributed by atoms with Gasteiger partial charge in [-0.25, -0.2) is 0 Å². The van der Waals surface area contributed by atoms with Crippen molar-refractivity contribution >= 4 is 24.8 Å². The lowest BCUT2D eigenvalue weighted by atomic mass is 10.1. The van der Waals surface area contributed by atoms with Crippen LogP contribution in [0.4, 0.5) is 0 Å². The van der Waals surface area contributed by atoms with Crippen LogP contribution in [0.5, 0.6) is 5.75 Å². The Labute approximate surface area is 154 Å². The molecule has 1 atom stereocenters. The van der Waals surface area contributed by atoms with Gasteiger partial charge < -0.3 is 10.1 Å². The van der Waals surface area contributed by atoms with E-state index in [0.717, 1.165) is 29.8 Å². The summed E-state index contributed by atoms with van der Waals surface area (Å²) < 4.78 is 6.28. The molecule has 5 heteroatoms. The molecule has 0 aliphatic heterocycles. The highest BCUT2D eigenvalue weighted by Gasteiger charge is 2.14. The first-order chi connectivity index (χ1) is 11.4. The molecule has 1 aromatic carbocycles. The molecule has 0 aliphatic carbocycles. The topological polar surface area (TPSA) is 34.1 Å². The number of hydrogen-bond acceptors (Lipinski definition) is 4. The Morgan fingerprint density at radius 1 is 1.08 bits per heavy atom. The molecule has 0 bridgehead atoms. The van der Waals surface area contributed by atoms with Crippen molar-refractivity contribution in [1.29, 1.82) is 0 Å². The lowest BCUT2D eigenvalue weighted by molar-refractivity contribution is 0.199. The van der Waals surface area contributed by atoms with Crippen molar-refractivity contribution in [3.63, 3.8) is 0 Å². The Morgan fingerprint density at radius 2 is 1.92 bits per heavy atom. The lowest BCUT2D eigenvalue weighted by Crippen LogP contribution is -2.15. The second-order valence-corrected chi connectivity index (χ2v) is 6.26. The first-order valence-electron chi connectivity index (χ1n) is 7.72. The van der Waals surface area contributed by atoms with Crippen molar-refractivity contribution in [3.8, 4) is 16.9 Å². The molecule has 2 heterocycles. The quantitative estimate of drug-likeness (QED) is 0.667. The van der Waals surface area contributed by atoms with Crippen LogP contribution in [0.15, 0.2) is 66.3 Å². The Bertz CT molecular complexity index is 717. The third-order valence-electron chi connectivity index (χ3n) is 3.64. The molecular formula is C19H22N2OS2. The van der Waals surface area contributed by atoms with Gasteiger partial charge in [0.25, 0.3) is 0 Å². The van der Waals surface area contributed by atoms with Crippen LogP contribution in [0.1, 0.15) is 17.4 Å². The Balaban J connectivity index is 0.00000208. The molecule has 3 rings (SSSR count). The molecule has 0 radical (unpaired) electrons. The number of nitrogens with zero attached hydrogens (tertiary/aromatic N) is 1. The van der Waals surface area contributed by atoms with Gasteiger partial charge in [-0.15, -0.1) is 11.3 Å². The first kappa shape index (κ1) is 18.5. The van der Waals surface area contributed by atoms with Crippen LogP contribution in [0, 0.1) is 0 Å². The number of aromatic nitrogens is 1. The van der Waals surface area contributed by atoms with E-state index >= 15 is 0 Å². The molecule has 3 nitrogen and oxygen atoms in total. The molecule has 0 amide bonds. The van der Waals surface area contributed by atoms with E-state index in [-0.39, 0.29) is 19.6 Å². The average Bonchev–Trinajstić information content (AvgIpc) is 3.14. The van der Waals surface area contributed by atoms with E-state index in [4.69, 9.17) is 4.74 Å². The summed E-state index contributed by atoms with van der Waals surface area (Å²) in [5, 5.41) is 5.30. The van der Waals surface area contributed by atoms with Crippen molar-refractivity contribution in [2.45, 2.75) is 12.5 Å². The zero-order valence-corrected chi connectivity index (χ0v) is 15.4. The third kappa shape index (κ3) is 4.84. The molecule has 1 N–H and O–H groups in total. The van der Waals surface area contributed by atoms with Crippen LogP contribution in [0.2, 0.25) is 0 Å². The van der Waals surface area contributed by atoms with E-state index < -0.39 is 0 Å². The molecule has 0 spiro atoms.